The summed E-state index contributed by atoms with van der Waals surface area (Å²) in [5, 5.41) is 5.90. The molecule has 1 saturated carbocycles. The van der Waals surface area contributed by atoms with E-state index in [9.17, 15) is 18.0 Å². The number of carbonyl (C=O) groups is 2. The van der Waals surface area contributed by atoms with Gasteiger partial charge in [0.25, 0.3) is 5.91 Å². The van der Waals surface area contributed by atoms with Crippen LogP contribution in [0.5, 0.6) is 0 Å². The molecule has 1 aromatic carbocycles. The van der Waals surface area contributed by atoms with Crippen LogP contribution >= 0.6 is 0 Å². The highest BCUT2D eigenvalue weighted by molar-refractivity contribution is 7.89. The lowest BCUT2D eigenvalue weighted by Gasteiger charge is -2.30. The van der Waals surface area contributed by atoms with Crippen LogP contribution < -0.4 is 10.6 Å². The molecule has 2 N–H and O–H groups in total. The number of hydrogen-bond acceptors (Lipinski definition) is 5. The minimum atomic E-state index is -3.71. The molecule has 0 bridgehead atoms. The van der Waals surface area contributed by atoms with Gasteiger partial charge in [0.15, 0.2) is 0 Å². The Bertz CT molecular complexity index is 904. The van der Waals surface area contributed by atoms with E-state index in [1.165, 1.54) is 16.4 Å². The van der Waals surface area contributed by atoms with Crippen molar-refractivity contribution in [2.45, 2.75) is 63.4 Å². The molecule has 3 rings (SSSR count). The van der Waals surface area contributed by atoms with Crippen molar-refractivity contribution in [2.75, 3.05) is 26.3 Å². The fourth-order valence-corrected chi connectivity index (χ4v) is 5.64. The Morgan fingerprint density at radius 1 is 1.09 bits per heavy atom. The van der Waals surface area contributed by atoms with Crippen LogP contribution in [0.4, 0.5) is 0 Å². The van der Waals surface area contributed by atoms with Crippen LogP contribution in [0.2, 0.25) is 0 Å². The number of amides is 2. The SMILES string of the molecule is CC1CCC(NC(=O)[C@@H](NC(=O)c2cccc(S(=O)(=O)N3CCOCC3)c2)C(C)C)CC1. The van der Waals surface area contributed by atoms with Gasteiger partial charge in [0.05, 0.1) is 18.1 Å². The van der Waals surface area contributed by atoms with Gasteiger partial charge in [-0.15, -0.1) is 0 Å². The van der Waals surface area contributed by atoms with E-state index in [1.807, 2.05) is 13.8 Å². The van der Waals surface area contributed by atoms with E-state index in [0.717, 1.165) is 25.7 Å². The molecular weight excluding hydrogens is 430 g/mol. The first-order valence-electron chi connectivity index (χ1n) is 11.5. The largest absolute Gasteiger partial charge is 0.379 e. The molecule has 1 atom stereocenters. The van der Waals surface area contributed by atoms with Gasteiger partial charge in [0.1, 0.15) is 6.04 Å². The van der Waals surface area contributed by atoms with Gasteiger partial charge in [-0.3, -0.25) is 9.59 Å². The van der Waals surface area contributed by atoms with Gasteiger partial charge in [-0.2, -0.15) is 4.31 Å². The fraction of sp³-hybridized carbons (Fsp3) is 0.652. The van der Waals surface area contributed by atoms with E-state index in [-0.39, 0.29) is 41.4 Å². The van der Waals surface area contributed by atoms with Gasteiger partial charge in [-0.1, -0.05) is 26.8 Å². The summed E-state index contributed by atoms with van der Waals surface area (Å²) in [6.07, 6.45) is 4.09. The summed E-state index contributed by atoms with van der Waals surface area (Å²) in [5.41, 5.74) is 0.212. The Balaban J connectivity index is 1.69. The number of nitrogens with zero attached hydrogens (tertiary/aromatic N) is 1. The van der Waals surface area contributed by atoms with Crippen molar-refractivity contribution >= 4 is 21.8 Å². The summed E-state index contributed by atoms with van der Waals surface area (Å²) in [6.45, 7) is 7.26. The molecule has 9 heteroatoms. The summed E-state index contributed by atoms with van der Waals surface area (Å²) < 4.78 is 32.4. The van der Waals surface area contributed by atoms with Crippen LogP contribution in [0, 0.1) is 11.8 Å². The van der Waals surface area contributed by atoms with Crippen LogP contribution in [0.15, 0.2) is 29.2 Å². The maximum absolute atomic E-state index is 12.9. The molecule has 1 heterocycles. The van der Waals surface area contributed by atoms with Crippen molar-refractivity contribution in [3.05, 3.63) is 29.8 Å². The number of ether oxygens (including phenoxy) is 1. The summed E-state index contributed by atoms with van der Waals surface area (Å²) in [7, 11) is -3.71. The third kappa shape index (κ3) is 6.08. The van der Waals surface area contributed by atoms with Crippen LogP contribution in [0.25, 0.3) is 0 Å². The van der Waals surface area contributed by atoms with Gasteiger partial charge in [-0.25, -0.2) is 8.42 Å². The quantitative estimate of drug-likeness (QED) is 0.642. The topological polar surface area (TPSA) is 105 Å². The first-order valence-corrected chi connectivity index (χ1v) is 12.9. The molecule has 1 aliphatic heterocycles. The Labute approximate surface area is 191 Å². The average Bonchev–Trinajstić information content (AvgIpc) is 2.79. The zero-order valence-electron chi connectivity index (χ0n) is 19.2. The van der Waals surface area contributed by atoms with Crippen LogP contribution in [0.3, 0.4) is 0 Å². The molecule has 1 aliphatic carbocycles. The third-order valence-corrected chi connectivity index (χ3v) is 8.20. The van der Waals surface area contributed by atoms with Crippen molar-refractivity contribution < 1.29 is 22.7 Å². The number of sulfonamides is 1. The minimum Gasteiger partial charge on any atom is -0.379 e. The summed E-state index contributed by atoms with van der Waals surface area (Å²) in [6, 6.07) is 5.41. The Morgan fingerprint density at radius 3 is 2.38 bits per heavy atom. The first kappa shape index (κ1) is 24.7. The second kappa shape index (κ2) is 10.8. The van der Waals surface area contributed by atoms with E-state index in [4.69, 9.17) is 4.74 Å². The summed E-state index contributed by atoms with van der Waals surface area (Å²) >= 11 is 0. The summed E-state index contributed by atoms with van der Waals surface area (Å²) in [4.78, 5) is 25.9. The molecule has 8 nitrogen and oxygen atoms in total. The molecule has 2 amide bonds. The standard InChI is InChI=1S/C23H35N3O5S/c1-16(2)21(23(28)24-19-9-7-17(3)8-10-19)25-22(27)18-5-4-6-20(15-18)32(29,30)26-11-13-31-14-12-26/h4-6,15-17,19,21H,7-14H2,1-3H3,(H,24,28)(H,25,27)/t17?,19?,21-/m0/s1. The van der Waals surface area contributed by atoms with Gasteiger partial charge in [0, 0.05) is 24.7 Å². The van der Waals surface area contributed by atoms with E-state index in [2.05, 4.69) is 17.6 Å². The van der Waals surface area contributed by atoms with Crippen molar-refractivity contribution in [2.24, 2.45) is 11.8 Å². The fourth-order valence-electron chi connectivity index (χ4n) is 4.19. The van der Waals surface area contributed by atoms with Gasteiger partial charge in [0.2, 0.25) is 15.9 Å². The van der Waals surface area contributed by atoms with Crippen molar-refractivity contribution in [1.82, 2.24) is 14.9 Å². The van der Waals surface area contributed by atoms with Crippen LogP contribution in [-0.4, -0.2) is 62.9 Å². The molecule has 0 radical (unpaired) electrons. The lowest BCUT2D eigenvalue weighted by Crippen LogP contribution is -2.52. The second-order valence-corrected chi connectivity index (χ2v) is 11.1. The lowest BCUT2D eigenvalue weighted by molar-refractivity contribution is -0.124. The zero-order valence-corrected chi connectivity index (χ0v) is 20.0. The normalized spacial score (nSPS) is 23.5. The van der Waals surface area contributed by atoms with Crippen LogP contribution in [0.1, 0.15) is 56.8 Å². The molecule has 32 heavy (non-hydrogen) atoms. The van der Waals surface area contributed by atoms with Crippen molar-refractivity contribution in [1.29, 1.82) is 0 Å². The van der Waals surface area contributed by atoms with Gasteiger partial charge >= 0.3 is 0 Å². The predicted molar refractivity (Wildman–Crippen MR) is 122 cm³/mol. The summed E-state index contributed by atoms with van der Waals surface area (Å²) in [5.74, 6) is -0.0772. The predicted octanol–water partition coefficient (Wildman–Crippen LogP) is 2.16. The molecule has 0 spiro atoms. The number of hydrogen-bond donors (Lipinski definition) is 2. The number of benzene rings is 1. The number of rotatable bonds is 7. The van der Waals surface area contributed by atoms with Gasteiger partial charge < -0.3 is 15.4 Å². The highest BCUT2D eigenvalue weighted by atomic mass is 32.2. The maximum Gasteiger partial charge on any atom is 0.251 e. The van der Waals surface area contributed by atoms with E-state index < -0.39 is 22.0 Å². The number of carbonyl (C=O) groups excluding carboxylic acids is 2. The van der Waals surface area contributed by atoms with E-state index >= 15 is 0 Å². The second-order valence-electron chi connectivity index (χ2n) is 9.20. The van der Waals surface area contributed by atoms with Crippen molar-refractivity contribution in [3.63, 3.8) is 0 Å². The Morgan fingerprint density at radius 2 is 1.75 bits per heavy atom. The molecule has 0 aromatic heterocycles. The average molecular weight is 466 g/mol. The molecule has 1 saturated heterocycles. The highest BCUT2D eigenvalue weighted by Gasteiger charge is 2.30. The number of morpholine rings is 1. The molecule has 178 valence electrons. The maximum atomic E-state index is 12.9. The Hall–Kier alpha value is -1.97. The minimum absolute atomic E-state index is 0.0638. The molecule has 1 aromatic rings. The number of nitrogens with one attached hydrogen (secondary N) is 2. The van der Waals surface area contributed by atoms with Crippen molar-refractivity contribution in [3.8, 4) is 0 Å². The Kier molecular flexibility index (Phi) is 8.30. The highest BCUT2D eigenvalue weighted by Crippen LogP contribution is 2.24. The zero-order chi connectivity index (χ0) is 23.3. The molecule has 2 aliphatic rings. The molecule has 2 fully saturated rings. The van der Waals surface area contributed by atoms with E-state index in [0.29, 0.717) is 19.1 Å². The smallest absolute Gasteiger partial charge is 0.251 e. The lowest BCUT2D eigenvalue weighted by atomic mass is 9.87. The van der Waals surface area contributed by atoms with E-state index in [1.54, 1.807) is 12.1 Å². The van der Waals surface area contributed by atoms with Crippen LogP contribution in [-0.2, 0) is 19.6 Å². The molecule has 0 unspecified atom stereocenters. The first-order chi connectivity index (χ1) is 15.2. The monoisotopic (exact) mass is 465 g/mol. The van der Waals surface area contributed by atoms with Gasteiger partial charge in [-0.05, 0) is 55.7 Å². The molecular formula is C23H35N3O5S. The third-order valence-electron chi connectivity index (χ3n) is 6.30.